The van der Waals surface area contributed by atoms with Crippen LogP contribution in [0.25, 0.3) is 0 Å². The van der Waals surface area contributed by atoms with Crippen molar-refractivity contribution < 1.29 is 0 Å². The molecule has 0 amide bonds. The Morgan fingerprint density at radius 3 is 2.70 bits per heavy atom. The predicted octanol–water partition coefficient (Wildman–Crippen LogP) is 2.09. The lowest BCUT2D eigenvalue weighted by molar-refractivity contribution is 1.27. The van der Waals surface area contributed by atoms with E-state index < -0.39 is 0 Å². The van der Waals surface area contributed by atoms with Crippen LogP contribution in [0.15, 0.2) is 12.3 Å². The van der Waals surface area contributed by atoms with E-state index in [1.165, 1.54) is 0 Å². The van der Waals surface area contributed by atoms with Gasteiger partial charge in [0.2, 0.25) is 0 Å². The molecule has 1 aromatic rings. The van der Waals surface area contributed by atoms with Gasteiger partial charge in [-0.15, -0.1) is 0 Å². The highest BCUT2D eigenvalue weighted by atomic mass is 35.5. The van der Waals surface area contributed by atoms with Crippen LogP contribution in [-0.4, -0.2) is 12.0 Å². The smallest absolute Gasteiger partial charge is 0.152 e. The van der Waals surface area contributed by atoms with Crippen LogP contribution in [0.4, 0.5) is 5.69 Å². The van der Waals surface area contributed by atoms with Crippen molar-refractivity contribution in [2.45, 2.75) is 6.92 Å². The van der Waals surface area contributed by atoms with Crippen LogP contribution < -0.4 is 5.32 Å². The summed E-state index contributed by atoms with van der Waals surface area (Å²) in [5.74, 6) is 0. The Morgan fingerprint density at radius 2 is 2.30 bits per heavy atom. The molecule has 0 radical (unpaired) electrons. The first kappa shape index (κ1) is 7.35. The molecule has 0 saturated heterocycles. The zero-order valence-electron chi connectivity index (χ0n) is 5.98. The lowest BCUT2D eigenvalue weighted by Gasteiger charge is -2.04. The van der Waals surface area contributed by atoms with Crippen molar-refractivity contribution in [2.75, 3.05) is 12.4 Å². The topological polar surface area (TPSA) is 24.9 Å². The maximum Gasteiger partial charge on any atom is 0.152 e. The van der Waals surface area contributed by atoms with E-state index in [0.29, 0.717) is 5.15 Å². The SMILES string of the molecule is CNc1c(C)ccnc1Cl. The van der Waals surface area contributed by atoms with Gasteiger partial charge < -0.3 is 5.32 Å². The van der Waals surface area contributed by atoms with Gasteiger partial charge in [-0.25, -0.2) is 4.98 Å². The molecule has 54 valence electrons. The molecule has 1 heterocycles. The summed E-state index contributed by atoms with van der Waals surface area (Å²) in [6, 6.07) is 1.91. The van der Waals surface area contributed by atoms with Gasteiger partial charge in [0.15, 0.2) is 5.15 Å². The van der Waals surface area contributed by atoms with Crippen molar-refractivity contribution in [1.82, 2.24) is 4.98 Å². The Morgan fingerprint density at radius 1 is 1.60 bits per heavy atom. The summed E-state index contributed by atoms with van der Waals surface area (Å²) < 4.78 is 0. The largest absolute Gasteiger partial charge is 0.385 e. The van der Waals surface area contributed by atoms with Crippen LogP contribution in [0.2, 0.25) is 5.15 Å². The van der Waals surface area contributed by atoms with Gasteiger partial charge in [0, 0.05) is 13.2 Å². The van der Waals surface area contributed by atoms with E-state index in [1.54, 1.807) is 6.20 Å². The maximum atomic E-state index is 5.76. The van der Waals surface area contributed by atoms with Gasteiger partial charge >= 0.3 is 0 Å². The van der Waals surface area contributed by atoms with Gasteiger partial charge in [-0.3, -0.25) is 0 Å². The average molecular weight is 157 g/mol. The Labute approximate surface area is 65.2 Å². The molecule has 0 atom stereocenters. The summed E-state index contributed by atoms with van der Waals surface area (Å²) in [4.78, 5) is 3.91. The summed E-state index contributed by atoms with van der Waals surface area (Å²) in [5, 5.41) is 3.50. The number of aromatic nitrogens is 1. The number of nitrogens with zero attached hydrogens (tertiary/aromatic N) is 1. The molecule has 3 heteroatoms. The van der Waals surface area contributed by atoms with E-state index in [1.807, 2.05) is 20.0 Å². The number of halogens is 1. The van der Waals surface area contributed by atoms with E-state index in [4.69, 9.17) is 11.6 Å². The van der Waals surface area contributed by atoms with Gasteiger partial charge in [0.1, 0.15) is 0 Å². The van der Waals surface area contributed by atoms with Gasteiger partial charge in [-0.1, -0.05) is 11.6 Å². The average Bonchev–Trinajstić information content (AvgIpc) is 1.88. The van der Waals surface area contributed by atoms with Crippen LogP contribution in [0.5, 0.6) is 0 Å². The molecule has 0 saturated carbocycles. The molecule has 0 spiro atoms. The van der Waals surface area contributed by atoms with Crippen molar-refractivity contribution >= 4 is 17.3 Å². The third kappa shape index (κ3) is 1.21. The number of rotatable bonds is 1. The first-order valence-corrected chi connectivity index (χ1v) is 3.42. The van der Waals surface area contributed by atoms with Gasteiger partial charge in [0.05, 0.1) is 5.69 Å². The summed E-state index contributed by atoms with van der Waals surface area (Å²) in [6.07, 6.45) is 1.69. The van der Waals surface area contributed by atoms with Gasteiger partial charge in [0.25, 0.3) is 0 Å². The summed E-state index contributed by atoms with van der Waals surface area (Å²) in [7, 11) is 1.83. The fourth-order valence-electron chi connectivity index (χ4n) is 0.825. The molecule has 0 aliphatic rings. The molecular weight excluding hydrogens is 148 g/mol. The zero-order chi connectivity index (χ0) is 7.56. The Balaban J connectivity index is 3.17. The van der Waals surface area contributed by atoms with Crippen molar-refractivity contribution in [3.05, 3.63) is 23.0 Å². The van der Waals surface area contributed by atoms with Crippen molar-refractivity contribution in [3.8, 4) is 0 Å². The van der Waals surface area contributed by atoms with Crippen LogP contribution >= 0.6 is 11.6 Å². The fraction of sp³-hybridized carbons (Fsp3) is 0.286. The summed E-state index contributed by atoms with van der Waals surface area (Å²) in [5.41, 5.74) is 2.02. The third-order valence-corrected chi connectivity index (χ3v) is 1.65. The van der Waals surface area contributed by atoms with Crippen molar-refractivity contribution in [2.24, 2.45) is 0 Å². The summed E-state index contributed by atoms with van der Waals surface area (Å²) >= 11 is 5.76. The second-order valence-electron chi connectivity index (χ2n) is 2.04. The molecule has 1 aromatic heterocycles. The van der Waals surface area contributed by atoms with Crippen molar-refractivity contribution in [1.29, 1.82) is 0 Å². The molecular formula is C7H9ClN2. The molecule has 0 aliphatic carbocycles. The third-order valence-electron chi connectivity index (χ3n) is 1.36. The van der Waals surface area contributed by atoms with Crippen LogP contribution in [0.1, 0.15) is 5.56 Å². The number of pyridine rings is 1. The lowest BCUT2D eigenvalue weighted by atomic mass is 10.2. The minimum absolute atomic E-state index is 0.530. The molecule has 2 nitrogen and oxygen atoms in total. The molecule has 0 aromatic carbocycles. The Kier molecular flexibility index (Phi) is 2.12. The van der Waals surface area contributed by atoms with Gasteiger partial charge in [-0.2, -0.15) is 0 Å². The van der Waals surface area contributed by atoms with E-state index in [2.05, 4.69) is 10.3 Å². The lowest BCUT2D eigenvalue weighted by Crippen LogP contribution is -1.93. The molecule has 1 N–H and O–H groups in total. The van der Waals surface area contributed by atoms with E-state index in [0.717, 1.165) is 11.3 Å². The second-order valence-corrected chi connectivity index (χ2v) is 2.40. The van der Waals surface area contributed by atoms with E-state index >= 15 is 0 Å². The number of aryl methyl sites for hydroxylation is 1. The van der Waals surface area contributed by atoms with Crippen LogP contribution in [0.3, 0.4) is 0 Å². The zero-order valence-corrected chi connectivity index (χ0v) is 6.74. The second kappa shape index (κ2) is 2.88. The molecule has 0 aliphatic heterocycles. The monoisotopic (exact) mass is 156 g/mol. The van der Waals surface area contributed by atoms with Gasteiger partial charge in [-0.05, 0) is 18.6 Å². The number of hydrogen-bond acceptors (Lipinski definition) is 2. The minimum atomic E-state index is 0.530. The normalized spacial score (nSPS) is 9.50. The highest BCUT2D eigenvalue weighted by Gasteiger charge is 1.99. The fourth-order valence-corrected chi connectivity index (χ4v) is 1.13. The minimum Gasteiger partial charge on any atom is -0.385 e. The van der Waals surface area contributed by atoms with E-state index in [-0.39, 0.29) is 0 Å². The molecule has 10 heavy (non-hydrogen) atoms. The maximum absolute atomic E-state index is 5.76. The highest BCUT2D eigenvalue weighted by Crippen LogP contribution is 2.21. The first-order valence-electron chi connectivity index (χ1n) is 3.04. The quantitative estimate of drug-likeness (QED) is 0.630. The van der Waals surface area contributed by atoms with Crippen LogP contribution in [0, 0.1) is 6.92 Å². The Bertz CT molecular complexity index is 215. The summed E-state index contributed by atoms with van der Waals surface area (Å²) in [6.45, 7) is 1.99. The number of hydrogen-bond donors (Lipinski definition) is 1. The van der Waals surface area contributed by atoms with Crippen LogP contribution in [-0.2, 0) is 0 Å². The predicted molar refractivity (Wildman–Crippen MR) is 43.5 cm³/mol. The highest BCUT2D eigenvalue weighted by molar-refractivity contribution is 6.32. The van der Waals surface area contributed by atoms with E-state index in [9.17, 15) is 0 Å². The molecule has 0 unspecified atom stereocenters. The van der Waals surface area contributed by atoms with Crippen molar-refractivity contribution in [3.63, 3.8) is 0 Å². The molecule has 0 fully saturated rings. The number of anilines is 1. The first-order chi connectivity index (χ1) is 4.75. The standard InChI is InChI=1S/C7H9ClN2/c1-5-3-4-10-7(8)6(5)9-2/h3-4,9H,1-2H3. The Hall–Kier alpha value is -0.760. The number of nitrogens with one attached hydrogen (secondary N) is 1. The molecule has 1 rings (SSSR count). The molecule has 0 bridgehead atoms.